The van der Waals surface area contributed by atoms with Gasteiger partial charge in [0, 0.05) is 6.54 Å². The van der Waals surface area contributed by atoms with Gasteiger partial charge >= 0.3 is 0 Å². The number of benzene rings is 1. The summed E-state index contributed by atoms with van der Waals surface area (Å²) in [6.07, 6.45) is 0. The van der Waals surface area contributed by atoms with Gasteiger partial charge in [-0.15, -0.1) is 9.24 Å². The van der Waals surface area contributed by atoms with E-state index >= 15 is 0 Å². The van der Waals surface area contributed by atoms with Gasteiger partial charge in [0.25, 0.3) is 0 Å². The first-order valence-corrected chi connectivity index (χ1v) is 3.46. The van der Waals surface area contributed by atoms with E-state index in [0.717, 1.165) is 0 Å². The van der Waals surface area contributed by atoms with Gasteiger partial charge in [0.15, 0.2) is 0 Å². The number of hydrogen-bond donors (Lipinski definition) is 1. The molecule has 0 spiro atoms. The van der Waals surface area contributed by atoms with Crippen LogP contribution >= 0.6 is 9.24 Å². The van der Waals surface area contributed by atoms with Crippen LogP contribution in [0, 0.1) is 0 Å². The zero-order valence-corrected chi connectivity index (χ0v) is 6.33. The Hall–Kier alpha value is -0.325. The molecule has 0 aliphatic heterocycles. The van der Waals surface area contributed by atoms with Crippen LogP contribution in [0.15, 0.2) is 24.3 Å². The van der Waals surface area contributed by atoms with Crippen molar-refractivity contribution in [2.24, 2.45) is 5.73 Å². The zero-order valence-electron chi connectivity index (χ0n) is 5.17. The predicted molar refractivity (Wildman–Crippen MR) is 53.6 cm³/mol. The van der Waals surface area contributed by atoms with E-state index in [9.17, 15) is 0 Å². The van der Waals surface area contributed by atoms with E-state index in [-0.39, 0.29) is 8.41 Å². The largest absolute Gasteiger partial charge is 0.326 e. The Labute approximate surface area is 65.8 Å². The van der Waals surface area contributed by atoms with Gasteiger partial charge in [-0.2, -0.15) is 0 Å². The molecule has 0 aliphatic rings. The first kappa shape index (κ1) is 9.67. The summed E-state index contributed by atoms with van der Waals surface area (Å²) in [4.78, 5) is 0. The second-order valence-electron chi connectivity index (χ2n) is 1.90. The lowest BCUT2D eigenvalue weighted by atomic mass is 10.2. The molecule has 10 heavy (non-hydrogen) atoms. The summed E-state index contributed by atoms with van der Waals surface area (Å²) in [5.74, 6) is 0. The molecule has 1 nitrogen and oxygen atoms in total. The molecule has 0 aliphatic carbocycles. The summed E-state index contributed by atoms with van der Waals surface area (Å²) < 4.78 is 0. The van der Waals surface area contributed by atoms with Crippen LogP contribution in [0.4, 0.5) is 0 Å². The van der Waals surface area contributed by atoms with Crippen LogP contribution in [0.3, 0.4) is 0 Å². The van der Waals surface area contributed by atoms with Crippen LogP contribution in [-0.2, 0) is 6.54 Å². The highest BCUT2D eigenvalue weighted by atomic mass is 31.0. The zero-order chi connectivity index (χ0) is 6.69. The average Bonchev–Trinajstić information content (AvgIpc) is 1.89. The smallest absolute Gasteiger partial charge is 0.0814 e. The van der Waals surface area contributed by atoms with E-state index in [0.29, 0.717) is 6.54 Å². The minimum absolute atomic E-state index is 0. The molecule has 1 atom stereocenters. The molecule has 0 fully saturated rings. The molecule has 1 aromatic carbocycles. The second-order valence-corrected chi connectivity index (χ2v) is 2.52. The van der Waals surface area contributed by atoms with Gasteiger partial charge in [0.2, 0.25) is 0 Å². The fourth-order valence-electron chi connectivity index (χ4n) is 0.720. The summed E-state index contributed by atoms with van der Waals surface area (Å²) >= 11 is 0. The van der Waals surface area contributed by atoms with E-state index in [2.05, 4.69) is 9.24 Å². The van der Waals surface area contributed by atoms with Gasteiger partial charge in [-0.1, -0.05) is 24.3 Å². The molecule has 2 N–H and O–H groups in total. The quantitative estimate of drug-likeness (QED) is 0.425. The van der Waals surface area contributed by atoms with Crippen LogP contribution in [0.1, 0.15) is 5.56 Å². The molecular weight excluding hydrogens is 140 g/mol. The molecule has 54 valence electrons. The molecule has 1 aromatic rings. The van der Waals surface area contributed by atoms with E-state index in [1.807, 2.05) is 24.3 Å². The van der Waals surface area contributed by atoms with Crippen molar-refractivity contribution in [1.29, 1.82) is 0 Å². The van der Waals surface area contributed by atoms with Crippen molar-refractivity contribution < 1.29 is 0 Å². The molecule has 0 bridgehead atoms. The SMILES string of the molecule is B.NCc1ccccc1P. The van der Waals surface area contributed by atoms with Gasteiger partial charge in [-0.05, 0) is 10.9 Å². The Kier molecular flexibility index (Phi) is 4.34. The molecule has 0 heterocycles. The van der Waals surface area contributed by atoms with Crippen molar-refractivity contribution in [3.63, 3.8) is 0 Å². The Morgan fingerprint density at radius 1 is 1.30 bits per heavy atom. The van der Waals surface area contributed by atoms with Gasteiger partial charge < -0.3 is 5.73 Å². The molecule has 3 heteroatoms. The Morgan fingerprint density at radius 3 is 2.30 bits per heavy atom. The fraction of sp³-hybridized carbons (Fsp3) is 0.143. The van der Waals surface area contributed by atoms with E-state index in [1.165, 1.54) is 10.9 Å². The summed E-state index contributed by atoms with van der Waals surface area (Å²) in [5.41, 5.74) is 6.63. The maximum absolute atomic E-state index is 5.44. The monoisotopic (exact) mass is 153 g/mol. The minimum Gasteiger partial charge on any atom is -0.326 e. The molecule has 1 rings (SSSR count). The van der Waals surface area contributed by atoms with Gasteiger partial charge in [0.1, 0.15) is 0 Å². The Balaban J connectivity index is 0.000000810. The number of rotatable bonds is 1. The molecular formula is C7H13BNP. The van der Waals surface area contributed by atoms with Crippen molar-refractivity contribution in [2.75, 3.05) is 0 Å². The molecule has 0 saturated carbocycles. The number of hydrogen-bond acceptors (Lipinski definition) is 1. The van der Waals surface area contributed by atoms with Gasteiger partial charge in [-0.3, -0.25) is 0 Å². The summed E-state index contributed by atoms with van der Waals surface area (Å²) in [5, 5.41) is 1.19. The standard InChI is InChI=1S/C7H10NP.BH3/c8-5-6-3-1-2-4-7(6)9;/h1-4H,5,8-9H2;1H3. The van der Waals surface area contributed by atoms with Crippen LogP contribution in [0.25, 0.3) is 0 Å². The van der Waals surface area contributed by atoms with Crippen molar-refractivity contribution in [3.8, 4) is 0 Å². The average molecular weight is 153 g/mol. The topological polar surface area (TPSA) is 26.0 Å². The highest BCUT2D eigenvalue weighted by Crippen LogP contribution is 1.97. The van der Waals surface area contributed by atoms with Crippen LogP contribution in [0.2, 0.25) is 0 Å². The third-order valence-corrected chi connectivity index (χ3v) is 1.84. The summed E-state index contributed by atoms with van der Waals surface area (Å²) in [7, 11) is 2.65. The first-order chi connectivity index (χ1) is 4.34. The summed E-state index contributed by atoms with van der Waals surface area (Å²) in [6.45, 7) is 0.625. The van der Waals surface area contributed by atoms with Crippen molar-refractivity contribution >= 4 is 23.0 Å². The molecule has 1 unspecified atom stereocenters. The van der Waals surface area contributed by atoms with E-state index < -0.39 is 0 Å². The molecule has 0 amide bonds. The fourth-order valence-corrected chi connectivity index (χ4v) is 1.05. The van der Waals surface area contributed by atoms with Crippen molar-refractivity contribution in [3.05, 3.63) is 29.8 Å². The third-order valence-electron chi connectivity index (χ3n) is 1.28. The molecule has 0 saturated heterocycles. The predicted octanol–water partition coefficient (Wildman–Crippen LogP) is -0.538. The summed E-state index contributed by atoms with van der Waals surface area (Å²) in [6, 6.07) is 8.06. The maximum Gasteiger partial charge on any atom is 0.0814 e. The highest BCUT2D eigenvalue weighted by molar-refractivity contribution is 7.27. The number of nitrogens with two attached hydrogens (primary N) is 1. The lowest BCUT2D eigenvalue weighted by molar-refractivity contribution is 1.08. The van der Waals surface area contributed by atoms with E-state index in [1.54, 1.807) is 0 Å². The van der Waals surface area contributed by atoms with Gasteiger partial charge in [-0.25, -0.2) is 0 Å². The molecule has 0 radical (unpaired) electrons. The maximum atomic E-state index is 5.44. The lowest BCUT2D eigenvalue weighted by Gasteiger charge is -1.98. The van der Waals surface area contributed by atoms with Gasteiger partial charge in [0.05, 0.1) is 8.41 Å². The van der Waals surface area contributed by atoms with Crippen molar-refractivity contribution in [1.82, 2.24) is 0 Å². The van der Waals surface area contributed by atoms with Crippen LogP contribution in [-0.4, -0.2) is 8.41 Å². The normalized spacial score (nSPS) is 8.60. The Morgan fingerprint density at radius 2 is 1.90 bits per heavy atom. The van der Waals surface area contributed by atoms with E-state index in [4.69, 9.17) is 5.73 Å². The third kappa shape index (κ3) is 2.13. The molecule has 0 aromatic heterocycles. The van der Waals surface area contributed by atoms with Crippen LogP contribution < -0.4 is 11.0 Å². The Bertz CT molecular complexity index is 203. The highest BCUT2D eigenvalue weighted by Gasteiger charge is 1.89. The van der Waals surface area contributed by atoms with Crippen molar-refractivity contribution in [2.45, 2.75) is 6.54 Å². The van der Waals surface area contributed by atoms with Crippen LogP contribution in [0.5, 0.6) is 0 Å². The lowest BCUT2D eigenvalue weighted by Crippen LogP contribution is -2.06. The second kappa shape index (κ2) is 4.48. The first-order valence-electron chi connectivity index (χ1n) is 2.88. The minimum atomic E-state index is 0.